The van der Waals surface area contributed by atoms with Crippen molar-refractivity contribution in [1.29, 1.82) is 5.26 Å². The highest BCUT2D eigenvalue weighted by atomic mass is 19.1. The Morgan fingerprint density at radius 3 is 2.79 bits per heavy atom. The van der Waals surface area contributed by atoms with Crippen molar-refractivity contribution in [3.05, 3.63) is 41.5 Å². The van der Waals surface area contributed by atoms with E-state index in [9.17, 15) is 4.39 Å². The molecule has 0 atom stereocenters. The minimum Gasteiger partial charge on any atom is -0.263 e. The first-order valence-electron chi connectivity index (χ1n) is 4.17. The topological polar surface area (TPSA) is 36.7 Å². The average Bonchev–Trinajstić information content (AvgIpc) is 2.23. The van der Waals surface area contributed by atoms with Gasteiger partial charge in [-0.05, 0) is 18.6 Å². The molecule has 14 heavy (non-hydrogen) atoms. The quantitative estimate of drug-likeness (QED) is 0.634. The van der Waals surface area contributed by atoms with E-state index in [1.54, 1.807) is 19.2 Å². The monoisotopic (exact) mass is 186 g/mol. The molecule has 0 amide bonds. The Balaban J connectivity index is 2.95. The van der Waals surface area contributed by atoms with Crippen LogP contribution in [0.5, 0.6) is 0 Å². The highest BCUT2D eigenvalue weighted by Crippen LogP contribution is 2.22. The number of pyridine rings is 1. The Morgan fingerprint density at radius 1 is 1.29 bits per heavy atom. The van der Waals surface area contributed by atoms with Crippen LogP contribution in [0, 0.1) is 24.1 Å². The fourth-order valence-electron chi connectivity index (χ4n) is 1.45. The predicted octanol–water partition coefficient (Wildman–Crippen LogP) is 2.55. The molecule has 1 aromatic carbocycles. The van der Waals surface area contributed by atoms with Gasteiger partial charge in [-0.15, -0.1) is 0 Å². The summed E-state index contributed by atoms with van der Waals surface area (Å²) in [5.41, 5.74) is 1.01. The molecule has 1 heterocycles. The summed E-state index contributed by atoms with van der Waals surface area (Å²) in [7, 11) is 0. The van der Waals surface area contributed by atoms with Crippen LogP contribution in [-0.4, -0.2) is 4.98 Å². The van der Waals surface area contributed by atoms with Crippen LogP contribution in [0.1, 0.15) is 11.1 Å². The molecule has 68 valence electrons. The van der Waals surface area contributed by atoms with E-state index < -0.39 is 0 Å². The molecule has 0 aliphatic rings. The number of aromatic nitrogens is 1. The molecule has 0 saturated carbocycles. The van der Waals surface area contributed by atoms with Crippen molar-refractivity contribution in [3.63, 3.8) is 0 Å². The van der Waals surface area contributed by atoms with Crippen molar-refractivity contribution in [2.75, 3.05) is 0 Å². The third-order valence-electron chi connectivity index (χ3n) is 2.27. The van der Waals surface area contributed by atoms with E-state index in [1.165, 1.54) is 12.3 Å². The van der Waals surface area contributed by atoms with E-state index >= 15 is 0 Å². The van der Waals surface area contributed by atoms with Crippen LogP contribution < -0.4 is 0 Å². The first kappa shape index (κ1) is 8.64. The molecule has 0 spiro atoms. The van der Waals surface area contributed by atoms with Crippen molar-refractivity contribution in [1.82, 2.24) is 4.98 Å². The third-order valence-corrected chi connectivity index (χ3v) is 2.27. The molecule has 0 bridgehead atoms. The van der Waals surface area contributed by atoms with Gasteiger partial charge in [0.1, 0.15) is 11.9 Å². The van der Waals surface area contributed by atoms with E-state index in [0.29, 0.717) is 16.5 Å². The van der Waals surface area contributed by atoms with E-state index in [-0.39, 0.29) is 5.82 Å². The van der Waals surface area contributed by atoms with Gasteiger partial charge >= 0.3 is 0 Å². The molecule has 0 unspecified atom stereocenters. The van der Waals surface area contributed by atoms with Crippen molar-refractivity contribution in [3.8, 4) is 6.07 Å². The number of rotatable bonds is 0. The van der Waals surface area contributed by atoms with E-state index in [1.807, 2.05) is 6.07 Å². The molecule has 0 radical (unpaired) electrons. The molecule has 2 nitrogen and oxygen atoms in total. The van der Waals surface area contributed by atoms with Gasteiger partial charge in [0.2, 0.25) is 0 Å². The smallest absolute Gasteiger partial charge is 0.126 e. The number of hydrogen-bond acceptors (Lipinski definition) is 2. The average molecular weight is 186 g/mol. The molecule has 0 N–H and O–H groups in total. The molecular weight excluding hydrogens is 179 g/mol. The van der Waals surface area contributed by atoms with Crippen molar-refractivity contribution in [2.24, 2.45) is 0 Å². The number of nitriles is 1. The minimum atomic E-state index is -0.269. The molecule has 2 aromatic rings. The zero-order valence-electron chi connectivity index (χ0n) is 7.58. The Bertz CT molecular complexity index is 541. The third kappa shape index (κ3) is 1.12. The molecule has 0 aliphatic heterocycles. The second kappa shape index (κ2) is 3.08. The maximum absolute atomic E-state index is 13.2. The normalized spacial score (nSPS) is 10.1. The second-order valence-corrected chi connectivity index (χ2v) is 3.07. The highest BCUT2D eigenvalue weighted by Gasteiger charge is 2.06. The van der Waals surface area contributed by atoms with E-state index in [0.717, 1.165) is 5.39 Å². The van der Waals surface area contributed by atoms with Crippen LogP contribution in [0.3, 0.4) is 0 Å². The molecule has 1 aromatic heterocycles. The summed E-state index contributed by atoms with van der Waals surface area (Å²) >= 11 is 0. The van der Waals surface area contributed by atoms with Crippen molar-refractivity contribution in [2.45, 2.75) is 6.92 Å². The predicted molar refractivity (Wildman–Crippen MR) is 51.2 cm³/mol. The van der Waals surface area contributed by atoms with E-state index in [4.69, 9.17) is 5.26 Å². The lowest BCUT2D eigenvalue weighted by molar-refractivity contribution is 0.621. The Labute approximate surface area is 80.6 Å². The van der Waals surface area contributed by atoms with Crippen LogP contribution in [0.15, 0.2) is 24.5 Å². The molecular formula is C11H7FN2. The lowest BCUT2D eigenvalue weighted by atomic mass is 10.0. The van der Waals surface area contributed by atoms with Crippen molar-refractivity contribution < 1.29 is 4.39 Å². The van der Waals surface area contributed by atoms with Crippen LogP contribution in [0.2, 0.25) is 0 Å². The molecule has 3 heteroatoms. The fraction of sp³-hybridized carbons (Fsp3) is 0.0909. The number of benzene rings is 1. The maximum atomic E-state index is 13.2. The summed E-state index contributed by atoms with van der Waals surface area (Å²) in [5, 5.41) is 10.3. The summed E-state index contributed by atoms with van der Waals surface area (Å²) in [6.45, 7) is 1.68. The van der Waals surface area contributed by atoms with Crippen LogP contribution >= 0.6 is 0 Å². The first-order valence-corrected chi connectivity index (χ1v) is 4.17. The highest BCUT2D eigenvalue weighted by molar-refractivity contribution is 5.89. The van der Waals surface area contributed by atoms with Crippen LogP contribution in [0.4, 0.5) is 4.39 Å². The molecule has 0 saturated heterocycles. The Morgan fingerprint density at radius 2 is 2.07 bits per heavy atom. The minimum absolute atomic E-state index is 0.269. The standard InChI is InChI=1S/C11H7FN2/c1-7-10-6-14-5-8(4-13)9(10)2-3-11(7)12/h2-3,5-6H,1H3. The number of aryl methyl sites for hydroxylation is 1. The lowest BCUT2D eigenvalue weighted by Gasteiger charge is -2.03. The van der Waals surface area contributed by atoms with Gasteiger partial charge < -0.3 is 0 Å². The second-order valence-electron chi connectivity index (χ2n) is 3.07. The molecule has 0 fully saturated rings. The lowest BCUT2D eigenvalue weighted by Crippen LogP contribution is -1.88. The van der Waals surface area contributed by atoms with Crippen LogP contribution in [-0.2, 0) is 0 Å². The maximum Gasteiger partial charge on any atom is 0.126 e. The summed E-state index contributed by atoms with van der Waals surface area (Å²) in [4.78, 5) is 3.90. The first-order chi connectivity index (χ1) is 6.74. The van der Waals surface area contributed by atoms with Gasteiger partial charge in [-0.2, -0.15) is 5.26 Å². The van der Waals surface area contributed by atoms with Gasteiger partial charge in [0.15, 0.2) is 0 Å². The van der Waals surface area contributed by atoms with E-state index in [2.05, 4.69) is 4.98 Å². The molecule has 2 rings (SSSR count). The molecule has 0 aliphatic carbocycles. The number of fused-ring (bicyclic) bond motifs is 1. The largest absolute Gasteiger partial charge is 0.263 e. The zero-order chi connectivity index (χ0) is 10.1. The zero-order valence-corrected chi connectivity index (χ0v) is 7.58. The summed E-state index contributed by atoms with van der Waals surface area (Å²) in [6.07, 6.45) is 3.06. The Hall–Kier alpha value is -1.95. The number of hydrogen-bond donors (Lipinski definition) is 0. The van der Waals surface area contributed by atoms with Gasteiger partial charge in [0, 0.05) is 23.2 Å². The summed E-state index contributed by atoms with van der Waals surface area (Å²) < 4.78 is 13.2. The number of nitrogens with zero attached hydrogens (tertiary/aromatic N) is 2. The SMILES string of the molecule is Cc1c(F)ccc2c(C#N)cncc12. The van der Waals surface area contributed by atoms with Gasteiger partial charge in [-0.1, -0.05) is 6.07 Å². The van der Waals surface area contributed by atoms with Gasteiger partial charge in [0.25, 0.3) is 0 Å². The summed E-state index contributed by atoms with van der Waals surface area (Å²) in [5.74, 6) is -0.269. The summed E-state index contributed by atoms with van der Waals surface area (Å²) in [6, 6.07) is 5.01. The fourth-order valence-corrected chi connectivity index (χ4v) is 1.45. The number of halogens is 1. The van der Waals surface area contributed by atoms with Gasteiger partial charge in [-0.3, -0.25) is 4.98 Å². The van der Waals surface area contributed by atoms with Gasteiger partial charge in [-0.25, -0.2) is 4.39 Å². The Kier molecular flexibility index (Phi) is 1.90. The van der Waals surface area contributed by atoms with Gasteiger partial charge in [0.05, 0.1) is 5.56 Å². The van der Waals surface area contributed by atoms with Crippen LogP contribution in [0.25, 0.3) is 10.8 Å². The van der Waals surface area contributed by atoms with Crippen molar-refractivity contribution >= 4 is 10.8 Å².